The van der Waals surface area contributed by atoms with E-state index in [1.54, 1.807) is 23.9 Å². The number of alkyl halides is 3. The molecule has 1 fully saturated rings. The highest BCUT2D eigenvalue weighted by Gasteiger charge is 2.53. The van der Waals surface area contributed by atoms with Crippen LogP contribution in [-0.2, 0) is 14.6 Å². The molecule has 1 aliphatic heterocycles. The van der Waals surface area contributed by atoms with E-state index in [0.29, 0.717) is 11.6 Å². The summed E-state index contributed by atoms with van der Waals surface area (Å²) in [4.78, 5) is 24.6. The second kappa shape index (κ2) is 11.7. The minimum atomic E-state index is -4.84. The Hall–Kier alpha value is -4.62. The fourth-order valence-corrected chi connectivity index (χ4v) is 6.46. The number of amides is 1. The number of carbonyl (C=O) groups excluding carboxylic acids is 1. The van der Waals surface area contributed by atoms with Crippen LogP contribution < -0.4 is 24.8 Å². The highest BCUT2D eigenvalue weighted by Crippen LogP contribution is 2.38. The highest BCUT2D eigenvalue weighted by molar-refractivity contribution is 7.93. The van der Waals surface area contributed by atoms with Crippen molar-refractivity contribution < 1.29 is 41.1 Å². The Labute approximate surface area is 238 Å². The maximum atomic E-state index is 13.8. The number of carbonyl (C=O) groups is 1. The normalized spacial score (nSPS) is 14.9. The van der Waals surface area contributed by atoms with Gasteiger partial charge in [0.25, 0.3) is 5.91 Å². The number of aromatic nitrogens is 2. The first-order valence-corrected chi connectivity index (χ1v) is 13.8. The molecule has 1 amide bonds. The van der Waals surface area contributed by atoms with Crippen molar-refractivity contribution in [2.75, 3.05) is 37.0 Å². The molecular formula is C26H25F3N6O6S. The number of halogens is 3. The molecule has 16 heteroatoms. The monoisotopic (exact) mass is 606 g/mol. The van der Waals surface area contributed by atoms with Gasteiger partial charge in [0.1, 0.15) is 29.1 Å². The van der Waals surface area contributed by atoms with E-state index in [-0.39, 0.29) is 48.0 Å². The minimum absolute atomic E-state index is 0.0583. The number of sulfone groups is 1. The number of ether oxygens (including phenoxy) is 2. The molecule has 1 saturated heterocycles. The molecular weight excluding hydrogens is 581 g/mol. The third-order valence-electron chi connectivity index (χ3n) is 6.62. The topological polar surface area (TPSA) is 158 Å². The second-order valence-electron chi connectivity index (χ2n) is 9.43. The van der Waals surface area contributed by atoms with E-state index in [1.807, 2.05) is 6.07 Å². The van der Waals surface area contributed by atoms with E-state index in [0.717, 1.165) is 12.1 Å². The van der Waals surface area contributed by atoms with E-state index in [2.05, 4.69) is 14.7 Å². The van der Waals surface area contributed by atoms with Crippen molar-refractivity contribution in [2.24, 2.45) is 0 Å². The molecule has 0 spiro atoms. The van der Waals surface area contributed by atoms with Crippen LogP contribution in [0, 0.1) is 11.3 Å². The van der Waals surface area contributed by atoms with Gasteiger partial charge >= 0.3 is 6.36 Å². The molecule has 2 aromatic carbocycles. The summed E-state index contributed by atoms with van der Waals surface area (Å²) in [7, 11) is -0.930. The number of hydrogen-bond acceptors (Lipinski definition) is 11. The Bertz CT molecular complexity index is 1580. The van der Waals surface area contributed by atoms with Gasteiger partial charge in [-0.25, -0.2) is 23.9 Å². The van der Waals surface area contributed by atoms with Gasteiger partial charge in [-0.2, -0.15) is 5.26 Å². The van der Waals surface area contributed by atoms with Crippen LogP contribution in [0.4, 0.5) is 24.8 Å². The van der Waals surface area contributed by atoms with E-state index in [4.69, 9.17) is 4.74 Å². The van der Waals surface area contributed by atoms with Gasteiger partial charge in [-0.3, -0.25) is 10.0 Å². The first-order chi connectivity index (χ1) is 19.8. The lowest BCUT2D eigenvalue weighted by molar-refractivity contribution is -0.274. The minimum Gasteiger partial charge on any atom is -0.457 e. The number of piperidine rings is 1. The molecule has 222 valence electrons. The fraction of sp³-hybridized carbons (Fsp3) is 0.308. The number of hydroxylamine groups is 1. The standard InChI is InChI=1S/C26H25F3N6O6S/c1-34(2)23-21(15-30)32-22(16-31-23)35-13-11-25(12-14-35,24(36)33-37)42(38,39)20-9-7-18(8-10-20)40-17-3-5-19(6-4-17)41-26(27,28)29/h3-10,16,37H,11-14H2,1-2H3,(H,33,36). The third kappa shape index (κ3) is 6.16. The summed E-state index contributed by atoms with van der Waals surface area (Å²) in [5.41, 5.74) is 1.57. The maximum Gasteiger partial charge on any atom is 0.573 e. The van der Waals surface area contributed by atoms with Gasteiger partial charge in [-0.15, -0.1) is 13.2 Å². The average Bonchev–Trinajstić information content (AvgIpc) is 2.96. The highest BCUT2D eigenvalue weighted by atomic mass is 32.2. The molecule has 0 radical (unpaired) electrons. The van der Waals surface area contributed by atoms with E-state index < -0.39 is 32.6 Å². The quantitative estimate of drug-likeness (QED) is 0.286. The number of hydrogen-bond donors (Lipinski definition) is 2. The van der Waals surface area contributed by atoms with E-state index in [9.17, 15) is 36.9 Å². The van der Waals surface area contributed by atoms with Crippen LogP contribution >= 0.6 is 0 Å². The molecule has 1 aromatic heterocycles. The van der Waals surface area contributed by atoms with Crippen LogP contribution in [0.25, 0.3) is 0 Å². The zero-order valence-electron chi connectivity index (χ0n) is 22.3. The lowest BCUT2D eigenvalue weighted by Gasteiger charge is -2.39. The molecule has 0 atom stereocenters. The molecule has 42 heavy (non-hydrogen) atoms. The number of nitriles is 1. The molecule has 2 heterocycles. The molecule has 0 unspecified atom stereocenters. The van der Waals surface area contributed by atoms with Crippen molar-refractivity contribution in [2.45, 2.75) is 28.8 Å². The zero-order valence-corrected chi connectivity index (χ0v) is 23.1. The van der Waals surface area contributed by atoms with E-state index in [1.165, 1.54) is 48.1 Å². The van der Waals surface area contributed by atoms with Crippen molar-refractivity contribution >= 4 is 27.4 Å². The van der Waals surface area contributed by atoms with Gasteiger partial charge in [0.05, 0.1) is 11.1 Å². The van der Waals surface area contributed by atoms with Crippen molar-refractivity contribution in [3.8, 4) is 23.3 Å². The van der Waals surface area contributed by atoms with Crippen LogP contribution in [0.1, 0.15) is 18.5 Å². The van der Waals surface area contributed by atoms with Crippen LogP contribution in [0.15, 0.2) is 59.6 Å². The summed E-state index contributed by atoms with van der Waals surface area (Å²) in [5.74, 6) is -0.456. The second-order valence-corrected chi connectivity index (χ2v) is 11.7. The van der Waals surface area contributed by atoms with Gasteiger partial charge in [-0.1, -0.05) is 0 Å². The smallest absolute Gasteiger partial charge is 0.457 e. The van der Waals surface area contributed by atoms with E-state index >= 15 is 0 Å². The molecule has 0 aliphatic carbocycles. The summed E-state index contributed by atoms with van der Waals surface area (Å²) >= 11 is 0. The maximum absolute atomic E-state index is 13.8. The summed E-state index contributed by atoms with van der Waals surface area (Å²) in [6.07, 6.45) is -3.78. The van der Waals surface area contributed by atoms with Gasteiger partial charge in [0, 0.05) is 27.2 Å². The van der Waals surface area contributed by atoms with Crippen LogP contribution in [0.2, 0.25) is 0 Å². The van der Waals surface area contributed by atoms with Gasteiger partial charge in [0.15, 0.2) is 26.1 Å². The summed E-state index contributed by atoms with van der Waals surface area (Å²) in [6, 6.07) is 11.7. The SMILES string of the molecule is CN(C)c1ncc(N2CCC(C(=O)NO)(S(=O)(=O)c3ccc(Oc4ccc(OC(F)(F)F)cc4)cc3)CC2)nc1C#N. The Morgan fingerprint density at radius 3 is 2.12 bits per heavy atom. The first kappa shape index (κ1) is 30.3. The van der Waals surface area contributed by atoms with Gasteiger partial charge in [-0.05, 0) is 61.4 Å². The molecule has 12 nitrogen and oxygen atoms in total. The third-order valence-corrected chi connectivity index (χ3v) is 9.14. The number of anilines is 2. The summed E-state index contributed by atoms with van der Waals surface area (Å²) in [6.45, 7) is 0.117. The van der Waals surface area contributed by atoms with Crippen LogP contribution in [-0.4, -0.2) is 67.8 Å². The number of nitrogens with zero attached hydrogens (tertiary/aromatic N) is 5. The molecule has 4 rings (SSSR count). The average molecular weight is 607 g/mol. The molecule has 0 bridgehead atoms. The number of rotatable bonds is 8. The molecule has 0 saturated carbocycles. The fourth-order valence-electron chi connectivity index (χ4n) is 4.50. The molecule has 3 aromatic rings. The number of nitrogens with one attached hydrogen (secondary N) is 1. The Kier molecular flexibility index (Phi) is 8.45. The Morgan fingerprint density at radius 1 is 1.07 bits per heavy atom. The predicted molar refractivity (Wildman–Crippen MR) is 142 cm³/mol. The molecule has 1 aliphatic rings. The first-order valence-electron chi connectivity index (χ1n) is 12.3. The largest absolute Gasteiger partial charge is 0.573 e. The Morgan fingerprint density at radius 2 is 1.62 bits per heavy atom. The van der Waals surface area contributed by atoms with Crippen molar-refractivity contribution in [3.63, 3.8) is 0 Å². The molecule has 2 N–H and O–H groups in total. The number of benzene rings is 2. The lowest BCUT2D eigenvalue weighted by Crippen LogP contribution is -2.58. The summed E-state index contributed by atoms with van der Waals surface area (Å²) in [5, 5.41) is 18.9. The van der Waals surface area contributed by atoms with Crippen molar-refractivity contribution in [1.82, 2.24) is 15.4 Å². The lowest BCUT2D eigenvalue weighted by atomic mass is 9.95. The van der Waals surface area contributed by atoms with Gasteiger partial charge in [0.2, 0.25) is 0 Å². The van der Waals surface area contributed by atoms with Crippen LogP contribution in [0.5, 0.6) is 17.2 Å². The van der Waals surface area contributed by atoms with Crippen LogP contribution in [0.3, 0.4) is 0 Å². The summed E-state index contributed by atoms with van der Waals surface area (Å²) < 4.78 is 72.0. The van der Waals surface area contributed by atoms with Crippen molar-refractivity contribution in [1.29, 1.82) is 5.26 Å². The zero-order chi connectivity index (χ0) is 30.7. The Balaban J connectivity index is 1.52. The van der Waals surface area contributed by atoms with Crippen molar-refractivity contribution in [3.05, 3.63) is 60.4 Å². The predicted octanol–water partition coefficient (Wildman–Crippen LogP) is 3.42. The van der Waals surface area contributed by atoms with Gasteiger partial charge < -0.3 is 19.3 Å².